The van der Waals surface area contributed by atoms with Crippen molar-refractivity contribution >= 4 is 11.8 Å². The average Bonchev–Trinajstić information content (AvgIpc) is 2.51. The molecule has 0 radical (unpaired) electrons. The molecule has 0 bridgehead atoms. The molecule has 0 aromatic rings. The Morgan fingerprint density at radius 1 is 1.29 bits per heavy atom. The zero-order valence-electron chi connectivity index (χ0n) is 13.4. The van der Waals surface area contributed by atoms with Gasteiger partial charge in [0.15, 0.2) is 0 Å². The van der Waals surface area contributed by atoms with Crippen LogP contribution in [0.5, 0.6) is 0 Å². The van der Waals surface area contributed by atoms with E-state index in [1.807, 2.05) is 11.8 Å². The van der Waals surface area contributed by atoms with Gasteiger partial charge in [0.2, 0.25) is 11.8 Å². The Morgan fingerprint density at radius 3 is 2.57 bits per heavy atom. The summed E-state index contributed by atoms with van der Waals surface area (Å²) >= 11 is 0. The molecular weight excluding hydrogens is 268 g/mol. The van der Waals surface area contributed by atoms with Crippen LogP contribution in [0.2, 0.25) is 0 Å². The molecule has 2 atom stereocenters. The Morgan fingerprint density at radius 2 is 1.95 bits per heavy atom. The van der Waals surface area contributed by atoms with Crippen molar-refractivity contribution in [2.45, 2.75) is 58.5 Å². The molecule has 5 heteroatoms. The quantitative estimate of drug-likeness (QED) is 0.856. The molecule has 0 aromatic carbocycles. The third-order valence-corrected chi connectivity index (χ3v) is 4.43. The highest BCUT2D eigenvalue weighted by Gasteiger charge is 2.35. The molecule has 120 valence electrons. The Hall–Kier alpha value is -1.10. The minimum Gasteiger partial charge on any atom is -0.381 e. The largest absolute Gasteiger partial charge is 0.381 e. The van der Waals surface area contributed by atoms with Crippen molar-refractivity contribution in [3.8, 4) is 0 Å². The van der Waals surface area contributed by atoms with Gasteiger partial charge in [0.05, 0.1) is 0 Å². The van der Waals surface area contributed by atoms with Crippen LogP contribution in [-0.2, 0) is 14.3 Å². The molecule has 2 heterocycles. The van der Waals surface area contributed by atoms with Gasteiger partial charge in [-0.2, -0.15) is 0 Å². The predicted octanol–water partition coefficient (Wildman–Crippen LogP) is 1.56. The van der Waals surface area contributed by atoms with E-state index in [0.29, 0.717) is 24.7 Å². The van der Waals surface area contributed by atoms with E-state index in [1.165, 1.54) is 0 Å². The molecule has 2 unspecified atom stereocenters. The topological polar surface area (TPSA) is 58.6 Å². The molecule has 1 N–H and O–H groups in total. The predicted molar refractivity (Wildman–Crippen MR) is 80.7 cm³/mol. The molecular formula is C16H28N2O3. The second-order valence-corrected chi connectivity index (χ2v) is 6.85. The lowest BCUT2D eigenvalue weighted by Crippen LogP contribution is -2.48. The van der Waals surface area contributed by atoms with Crippen LogP contribution in [0, 0.1) is 11.8 Å². The number of hydrogen-bond acceptors (Lipinski definition) is 3. The van der Waals surface area contributed by atoms with E-state index in [2.05, 4.69) is 19.2 Å². The summed E-state index contributed by atoms with van der Waals surface area (Å²) in [4.78, 5) is 26.7. The van der Waals surface area contributed by atoms with Crippen LogP contribution in [0.4, 0.5) is 0 Å². The summed E-state index contributed by atoms with van der Waals surface area (Å²) in [5, 5.41) is 2.90. The zero-order chi connectivity index (χ0) is 15.4. The van der Waals surface area contributed by atoms with E-state index in [9.17, 15) is 9.59 Å². The second-order valence-electron chi connectivity index (χ2n) is 6.85. The van der Waals surface area contributed by atoms with Crippen molar-refractivity contribution in [2.24, 2.45) is 11.8 Å². The van der Waals surface area contributed by atoms with E-state index >= 15 is 0 Å². The highest BCUT2D eigenvalue weighted by atomic mass is 16.5. The van der Waals surface area contributed by atoms with Crippen LogP contribution in [0.15, 0.2) is 0 Å². The smallest absolute Gasteiger partial charge is 0.245 e. The minimum atomic E-state index is -0.359. The Kier molecular flexibility index (Phi) is 5.62. The van der Waals surface area contributed by atoms with Gasteiger partial charge < -0.3 is 15.0 Å². The molecule has 2 amide bonds. The summed E-state index contributed by atoms with van der Waals surface area (Å²) in [5.74, 6) is 0.972. The van der Waals surface area contributed by atoms with Gasteiger partial charge in [0, 0.05) is 32.2 Å². The summed E-state index contributed by atoms with van der Waals surface area (Å²) < 4.78 is 5.39. The number of ether oxygens (including phenoxy) is 1. The molecule has 5 nitrogen and oxygen atoms in total. The van der Waals surface area contributed by atoms with Crippen LogP contribution >= 0.6 is 0 Å². The van der Waals surface area contributed by atoms with Crippen molar-refractivity contribution in [2.75, 3.05) is 19.8 Å². The molecule has 0 aliphatic carbocycles. The van der Waals surface area contributed by atoms with Crippen LogP contribution in [0.1, 0.15) is 46.5 Å². The Balaban J connectivity index is 2.07. The van der Waals surface area contributed by atoms with Gasteiger partial charge in [-0.1, -0.05) is 13.8 Å². The third kappa shape index (κ3) is 4.43. The van der Waals surface area contributed by atoms with Gasteiger partial charge in [0.1, 0.15) is 6.04 Å². The summed E-state index contributed by atoms with van der Waals surface area (Å²) in [7, 11) is 0. The van der Waals surface area contributed by atoms with Crippen LogP contribution < -0.4 is 5.32 Å². The van der Waals surface area contributed by atoms with Crippen molar-refractivity contribution in [3.05, 3.63) is 0 Å². The minimum absolute atomic E-state index is 0.00372. The first kappa shape index (κ1) is 16.3. The maximum Gasteiger partial charge on any atom is 0.245 e. The van der Waals surface area contributed by atoms with E-state index in [0.717, 1.165) is 32.6 Å². The van der Waals surface area contributed by atoms with E-state index in [4.69, 9.17) is 4.74 Å². The first-order valence-corrected chi connectivity index (χ1v) is 8.15. The molecule has 0 saturated carbocycles. The van der Waals surface area contributed by atoms with Crippen LogP contribution in [0.3, 0.4) is 0 Å². The van der Waals surface area contributed by atoms with E-state index < -0.39 is 0 Å². The Bertz CT molecular complexity index is 378. The summed E-state index contributed by atoms with van der Waals surface area (Å²) in [5.41, 5.74) is 0. The normalized spacial score (nSPS) is 28.7. The summed E-state index contributed by atoms with van der Waals surface area (Å²) in [6.07, 6.45) is 3.13. The van der Waals surface area contributed by atoms with Gasteiger partial charge in [-0.3, -0.25) is 9.59 Å². The molecule has 2 rings (SSSR count). The number of nitrogens with one attached hydrogen (secondary N) is 1. The van der Waals surface area contributed by atoms with Crippen LogP contribution in [-0.4, -0.2) is 48.6 Å². The molecule has 0 aromatic heterocycles. The maximum atomic E-state index is 12.8. The highest BCUT2D eigenvalue weighted by Crippen LogP contribution is 2.22. The van der Waals surface area contributed by atoms with Gasteiger partial charge in [0.25, 0.3) is 0 Å². The molecule has 2 aliphatic rings. The Labute approximate surface area is 127 Å². The maximum absolute atomic E-state index is 12.8. The lowest BCUT2D eigenvalue weighted by molar-refractivity contribution is -0.136. The zero-order valence-corrected chi connectivity index (χ0v) is 13.4. The van der Waals surface area contributed by atoms with Gasteiger partial charge in [-0.05, 0) is 38.0 Å². The van der Waals surface area contributed by atoms with Crippen molar-refractivity contribution in [3.63, 3.8) is 0 Å². The second kappa shape index (κ2) is 7.25. The third-order valence-electron chi connectivity index (χ3n) is 4.43. The van der Waals surface area contributed by atoms with E-state index in [-0.39, 0.29) is 23.9 Å². The molecule has 2 fully saturated rings. The van der Waals surface area contributed by atoms with Crippen molar-refractivity contribution in [1.82, 2.24) is 10.2 Å². The number of carbonyl (C=O) groups is 2. The summed E-state index contributed by atoms with van der Waals surface area (Å²) in [6, 6.07) is -0.375. The fraction of sp³-hybridized carbons (Fsp3) is 0.875. The molecule has 0 spiro atoms. The number of nitrogens with zero attached hydrogens (tertiary/aromatic N) is 1. The lowest BCUT2D eigenvalue weighted by Gasteiger charge is -2.34. The molecule has 2 saturated heterocycles. The molecule has 2 aliphatic heterocycles. The van der Waals surface area contributed by atoms with Gasteiger partial charge in [-0.25, -0.2) is 0 Å². The SMILES string of the molecule is CC(C)CC1NC(=O)CC(C)N(CC2CCOCC2)C1=O. The van der Waals surface area contributed by atoms with Gasteiger partial charge in [-0.15, -0.1) is 0 Å². The summed E-state index contributed by atoms with van der Waals surface area (Å²) in [6.45, 7) is 8.47. The number of hydrogen-bond donors (Lipinski definition) is 1. The fourth-order valence-corrected chi connectivity index (χ4v) is 3.22. The van der Waals surface area contributed by atoms with Crippen molar-refractivity contribution in [1.29, 1.82) is 0 Å². The number of amides is 2. The lowest BCUT2D eigenvalue weighted by atomic mass is 9.97. The molecule has 21 heavy (non-hydrogen) atoms. The fourth-order valence-electron chi connectivity index (χ4n) is 3.22. The van der Waals surface area contributed by atoms with E-state index in [1.54, 1.807) is 0 Å². The average molecular weight is 296 g/mol. The monoisotopic (exact) mass is 296 g/mol. The number of carbonyl (C=O) groups excluding carboxylic acids is 2. The van der Waals surface area contributed by atoms with Crippen molar-refractivity contribution < 1.29 is 14.3 Å². The highest BCUT2D eigenvalue weighted by molar-refractivity contribution is 5.90. The standard InChI is InChI=1S/C16H28N2O3/c1-11(2)8-14-16(20)18(12(3)9-15(19)17-14)10-13-4-6-21-7-5-13/h11-14H,4-10H2,1-3H3,(H,17,19). The first-order chi connectivity index (χ1) is 9.97. The first-order valence-electron chi connectivity index (χ1n) is 8.15. The number of rotatable bonds is 4. The van der Waals surface area contributed by atoms with Crippen LogP contribution in [0.25, 0.3) is 0 Å². The van der Waals surface area contributed by atoms with Gasteiger partial charge >= 0.3 is 0 Å².